The molecular weight excluding hydrogens is 349 g/mol. The number of pyridine rings is 1. The second-order valence-corrected chi connectivity index (χ2v) is 6.64. The van der Waals surface area contributed by atoms with Gasteiger partial charge < -0.3 is 20.3 Å². The molecule has 0 aliphatic heterocycles. The van der Waals surface area contributed by atoms with Gasteiger partial charge in [0, 0.05) is 31.6 Å². The molecule has 1 aliphatic carbocycles. The minimum absolute atomic E-state index is 0.181. The first kappa shape index (κ1) is 17.7. The van der Waals surface area contributed by atoms with Crippen molar-refractivity contribution in [3.05, 3.63) is 39.1 Å². The fraction of sp³-hybridized carbons (Fsp3) is 0.412. The molecule has 1 aliphatic rings. The van der Waals surface area contributed by atoms with Crippen molar-refractivity contribution in [1.82, 2.24) is 4.57 Å². The van der Waals surface area contributed by atoms with Gasteiger partial charge in [-0.2, -0.15) is 0 Å². The number of hydrogen-bond donors (Lipinski definition) is 2. The van der Waals surface area contributed by atoms with Crippen LogP contribution in [0.4, 0.5) is 10.1 Å². The maximum atomic E-state index is 13.7. The highest BCUT2D eigenvalue weighted by molar-refractivity contribution is 6.38. The third-order valence-electron chi connectivity index (χ3n) is 4.49. The highest BCUT2D eigenvalue weighted by Gasteiger charge is 2.40. The third-order valence-corrected chi connectivity index (χ3v) is 4.86. The molecule has 1 heterocycles. The molecular formula is C17H19ClFN3O3. The largest absolute Gasteiger partial charge is 0.477 e. The lowest BCUT2D eigenvalue weighted by atomic mass is 10.1. The molecule has 25 heavy (non-hydrogen) atoms. The molecule has 2 unspecified atom stereocenters. The molecule has 1 aromatic carbocycles. The van der Waals surface area contributed by atoms with E-state index in [1.165, 1.54) is 10.8 Å². The van der Waals surface area contributed by atoms with Crippen LogP contribution in [0.2, 0.25) is 5.02 Å². The Morgan fingerprint density at radius 2 is 2.20 bits per heavy atom. The average molecular weight is 368 g/mol. The second kappa shape index (κ2) is 6.65. The number of aromatic nitrogens is 1. The second-order valence-electron chi connectivity index (χ2n) is 6.26. The molecule has 3 N–H and O–H groups in total. The number of carbonyl (C=O) groups is 1. The van der Waals surface area contributed by atoms with Gasteiger partial charge in [-0.05, 0) is 25.1 Å². The number of alkyl halides is 1. The fourth-order valence-electron chi connectivity index (χ4n) is 2.99. The van der Waals surface area contributed by atoms with Gasteiger partial charge in [-0.15, -0.1) is 0 Å². The highest BCUT2D eigenvalue weighted by atomic mass is 35.5. The van der Waals surface area contributed by atoms with Crippen LogP contribution in [-0.2, 0) is 0 Å². The molecule has 2 atom stereocenters. The van der Waals surface area contributed by atoms with Crippen LogP contribution in [0.1, 0.15) is 29.2 Å². The van der Waals surface area contributed by atoms with E-state index < -0.39 is 23.6 Å². The summed E-state index contributed by atoms with van der Waals surface area (Å²) in [7, 11) is 1.85. The van der Waals surface area contributed by atoms with E-state index in [-0.39, 0.29) is 17.4 Å². The van der Waals surface area contributed by atoms with Crippen LogP contribution in [-0.4, -0.2) is 42.0 Å². The van der Waals surface area contributed by atoms with Gasteiger partial charge in [0.05, 0.1) is 22.3 Å². The molecule has 0 saturated heterocycles. The molecule has 8 heteroatoms. The van der Waals surface area contributed by atoms with Gasteiger partial charge in [-0.1, -0.05) is 11.6 Å². The first-order valence-corrected chi connectivity index (χ1v) is 8.40. The summed E-state index contributed by atoms with van der Waals surface area (Å²) in [4.78, 5) is 25.7. The van der Waals surface area contributed by atoms with Crippen molar-refractivity contribution in [2.75, 3.05) is 25.0 Å². The first-order valence-electron chi connectivity index (χ1n) is 8.02. The Bertz CT molecular complexity index is 899. The van der Waals surface area contributed by atoms with Crippen LogP contribution >= 0.6 is 11.6 Å². The van der Waals surface area contributed by atoms with Gasteiger partial charge in [0.15, 0.2) is 0 Å². The lowest BCUT2D eigenvalue weighted by Crippen LogP contribution is -2.23. The Hall–Kier alpha value is -2.12. The smallest absolute Gasteiger partial charge is 0.341 e. The van der Waals surface area contributed by atoms with Crippen molar-refractivity contribution in [2.24, 2.45) is 5.73 Å². The van der Waals surface area contributed by atoms with Crippen LogP contribution in [0.25, 0.3) is 10.9 Å². The summed E-state index contributed by atoms with van der Waals surface area (Å²) in [5.41, 5.74) is 5.60. The highest BCUT2D eigenvalue weighted by Crippen LogP contribution is 2.43. The zero-order chi connectivity index (χ0) is 18.3. The maximum Gasteiger partial charge on any atom is 0.341 e. The summed E-state index contributed by atoms with van der Waals surface area (Å²) in [6.45, 7) is 1.21. The van der Waals surface area contributed by atoms with Gasteiger partial charge in [0.25, 0.3) is 0 Å². The Labute approximate surface area is 148 Å². The molecule has 0 spiro atoms. The summed E-state index contributed by atoms with van der Waals surface area (Å²) in [6.07, 6.45) is 1.18. The molecule has 1 aromatic heterocycles. The number of nitrogens with zero attached hydrogens (tertiary/aromatic N) is 2. The summed E-state index contributed by atoms with van der Waals surface area (Å²) in [5, 5.41) is 9.76. The predicted octanol–water partition coefficient (Wildman–Crippen LogP) is 2.42. The monoisotopic (exact) mass is 367 g/mol. The van der Waals surface area contributed by atoms with E-state index in [0.29, 0.717) is 29.3 Å². The number of benzene rings is 1. The van der Waals surface area contributed by atoms with Crippen molar-refractivity contribution in [1.29, 1.82) is 0 Å². The standard InChI is InChI=1S/C17H19ClFN3O3/c1-21(6-2-5-20)12-4-3-9-15(14(12)18)22(13-7-11(13)19)8-10(16(9)23)17(24)25/h3-4,8,11,13H,2,5-7,20H2,1H3,(H,24,25). The number of nitrogens with two attached hydrogens (primary N) is 1. The van der Waals surface area contributed by atoms with Gasteiger partial charge in [0.1, 0.15) is 11.7 Å². The van der Waals surface area contributed by atoms with Crippen molar-refractivity contribution in [2.45, 2.75) is 25.1 Å². The number of fused-ring (bicyclic) bond motifs is 1. The molecule has 0 amide bonds. The van der Waals surface area contributed by atoms with Crippen molar-refractivity contribution in [3.63, 3.8) is 0 Å². The van der Waals surface area contributed by atoms with Crippen LogP contribution in [0.15, 0.2) is 23.1 Å². The first-order chi connectivity index (χ1) is 11.9. The van der Waals surface area contributed by atoms with Crippen LogP contribution < -0.4 is 16.1 Å². The molecule has 2 aromatic rings. The summed E-state index contributed by atoms with van der Waals surface area (Å²) < 4.78 is 15.2. The third kappa shape index (κ3) is 3.09. The predicted molar refractivity (Wildman–Crippen MR) is 95.7 cm³/mol. The summed E-state index contributed by atoms with van der Waals surface area (Å²) in [6, 6.07) is 2.73. The minimum Gasteiger partial charge on any atom is -0.477 e. The zero-order valence-electron chi connectivity index (χ0n) is 13.7. The minimum atomic E-state index is -1.34. The lowest BCUT2D eigenvalue weighted by molar-refractivity contribution is 0.0694. The Kier molecular flexibility index (Phi) is 4.71. The van der Waals surface area contributed by atoms with E-state index >= 15 is 0 Å². The Balaban J connectivity index is 2.24. The number of hydrogen-bond acceptors (Lipinski definition) is 4. The van der Waals surface area contributed by atoms with Crippen LogP contribution in [0.5, 0.6) is 0 Å². The average Bonchev–Trinajstić information content (AvgIpc) is 3.29. The van der Waals surface area contributed by atoms with Gasteiger partial charge in [0.2, 0.25) is 5.43 Å². The maximum absolute atomic E-state index is 13.7. The van der Waals surface area contributed by atoms with Gasteiger partial charge in [-0.3, -0.25) is 4.79 Å². The molecule has 3 rings (SSSR count). The molecule has 0 radical (unpaired) electrons. The van der Waals surface area contributed by atoms with Crippen molar-refractivity contribution in [3.8, 4) is 0 Å². The topological polar surface area (TPSA) is 88.6 Å². The molecule has 0 bridgehead atoms. The number of rotatable bonds is 6. The molecule has 1 fully saturated rings. The van der Waals surface area contributed by atoms with Gasteiger partial charge in [-0.25, -0.2) is 9.18 Å². The number of aromatic carboxylic acids is 1. The van der Waals surface area contributed by atoms with E-state index in [0.717, 1.165) is 6.42 Å². The normalized spacial score (nSPS) is 19.2. The number of halogens is 2. The summed E-state index contributed by atoms with van der Waals surface area (Å²) in [5.74, 6) is -1.34. The zero-order valence-corrected chi connectivity index (χ0v) is 14.5. The van der Waals surface area contributed by atoms with Crippen LogP contribution in [0, 0.1) is 0 Å². The van der Waals surface area contributed by atoms with E-state index in [1.54, 1.807) is 12.1 Å². The van der Waals surface area contributed by atoms with Gasteiger partial charge >= 0.3 is 5.97 Å². The van der Waals surface area contributed by atoms with Crippen molar-refractivity contribution >= 4 is 34.2 Å². The fourth-order valence-corrected chi connectivity index (χ4v) is 3.40. The Morgan fingerprint density at radius 1 is 1.52 bits per heavy atom. The van der Waals surface area contributed by atoms with E-state index in [1.807, 2.05) is 11.9 Å². The van der Waals surface area contributed by atoms with E-state index in [4.69, 9.17) is 17.3 Å². The number of anilines is 1. The quantitative estimate of drug-likeness (QED) is 0.818. The van der Waals surface area contributed by atoms with E-state index in [9.17, 15) is 19.1 Å². The van der Waals surface area contributed by atoms with Crippen molar-refractivity contribution < 1.29 is 14.3 Å². The SMILES string of the molecule is CN(CCCN)c1ccc2c(=O)c(C(=O)O)cn(C3CC3F)c2c1Cl. The number of carboxylic acid groups (broad SMARTS) is 1. The molecule has 134 valence electrons. The van der Waals surface area contributed by atoms with E-state index in [2.05, 4.69) is 0 Å². The Morgan fingerprint density at radius 3 is 2.76 bits per heavy atom. The number of carboxylic acids is 1. The van der Waals surface area contributed by atoms with Crippen LogP contribution in [0.3, 0.4) is 0 Å². The summed E-state index contributed by atoms with van der Waals surface area (Å²) >= 11 is 6.54. The molecule has 6 nitrogen and oxygen atoms in total. The molecule has 1 saturated carbocycles. The lowest BCUT2D eigenvalue weighted by Gasteiger charge is -2.22.